The van der Waals surface area contributed by atoms with Crippen LogP contribution in [0.2, 0.25) is 0 Å². The number of amides is 2. The number of rotatable bonds is 6. The summed E-state index contributed by atoms with van der Waals surface area (Å²) in [6, 6.07) is -0.546. The largest absolute Gasteiger partial charge is 0.476 e. The smallest absolute Gasteiger partial charge is 0.356 e. The molecule has 2 amide bonds. The minimum absolute atomic E-state index is 0.0301. The van der Waals surface area contributed by atoms with E-state index in [0.717, 1.165) is 18.8 Å². The van der Waals surface area contributed by atoms with Crippen molar-refractivity contribution in [1.29, 1.82) is 0 Å². The number of carboxylic acids is 1. The van der Waals surface area contributed by atoms with Crippen molar-refractivity contribution in [2.45, 2.75) is 26.3 Å². The molecule has 9 heteroatoms. The van der Waals surface area contributed by atoms with Crippen LogP contribution >= 0.6 is 11.8 Å². The van der Waals surface area contributed by atoms with E-state index >= 15 is 0 Å². The summed E-state index contributed by atoms with van der Waals surface area (Å²) in [4.78, 5) is 44.6. The third-order valence-corrected chi connectivity index (χ3v) is 4.57. The zero-order chi connectivity index (χ0) is 17.7. The Balaban J connectivity index is 2.02. The van der Waals surface area contributed by atoms with Gasteiger partial charge in [-0.15, -0.1) is 11.8 Å². The summed E-state index contributed by atoms with van der Waals surface area (Å²) in [6.45, 7) is 4.73. The van der Waals surface area contributed by atoms with Gasteiger partial charge in [0.25, 0.3) is 5.91 Å². The highest BCUT2D eigenvalue weighted by atomic mass is 32.2. The molecule has 0 spiro atoms. The lowest BCUT2D eigenvalue weighted by Gasteiger charge is -2.22. The van der Waals surface area contributed by atoms with Crippen LogP contribution in [0, 0.1) is 5.92 Å². The molecule has 1 aromatic rings. The highest BCUT2D eigenvalue weighted by Crippen LogP contribution is 2.22. The van der Waals surface area contributed by atoms with Gasteiger partial charge in [0, 0.05) is 12.3 Å². The van der Waals surface area contributed by atoms with E-state index in [0.29, 0.717) is 24.1 Å². The Morgan fingerprint density at radius 1 is 1.33 bits per heavy atom. The first-order valence-corrected chi connectivity index (χ1v) is 8.77. The Hall–Kier alpha value is -2.16. The number of aromatic carboxylic acids is 1. The lowest BCUT2D eigenvalue weighted by atomic mass is 10.1. The fourth-order valence-corrected chi connectivity index (χ4v) is 3.31. The third-order valence-electron chi connectivity index (χ3n) is 3.56. The van der Waals surface area contributed by atoms with Crippen molar-refractivity contribution >= 4 is 29.5 Å². The van der Waals surface area contributed by atoms with E-state index < -0.39 is 17.9 Å². The summed E-state index contributed by atoms with van der Waals surface area (Å²) in [7, 11) is 0. The maximum atomic E-state index is 12.5. The SMILES string of the molecule is CC(C)CCNC(=O)C1CSCN1C(=O)c1cnc(C(=O)O)cn1. The van der Waals surface area contributed by atoms with Crippen molar-refractivity contribution in [3.05, 3.63) is 23.8 Å². The van der Waals surface area contributed by atoms with Crippen molar-refractivity contribution < 1.29 is 19.5 Å². The number of aromatic nitrogens is 2. The molecule has 1 unspecified atom stereocenters. The topological polar surface area (TPSA) is 112 Å². The highest BCUT2D eigenvalue weighted by molar-refractivity contribution is 7.99. The average Bonchev–Trinajstić information content (AvgIpc) is 3.03. The molecule has 1 aliphatic heterocycles. The Morgan fingerprint density at radius 2 is 2.00 bits per heavy atom. The van der Waals surface area contributed by atoms with Crippen LogP contribution in [0.3, 0.4) is 0 Å². The molecule has 2 N–H and O–H groups in total. The Kier molecular flexibility index (Phi) is 6.13. The van der Waals surface area contributed by atoms with Gasteiger partial charge in [-0.25, -0.2) is 14.8 Å². The first kappa shape index (κ1) is 18.2. The predicted octanol–water partition coefficient (Wildman–Crippen LogP) is 0.852. The quantitative estimate of drug-likeness (QED) is 0.780. The van der Waals surface area contributed by atoms with Gasteiger partial charge in [0.1, 0.15) is 11.7 Å². The molecule has 1 aliphatic rings. The van der Waals surface area contributed by atoms with Gasteiger partial charge in [-0.1, -0.05) is 13.8 Å². The molecular formula is C15H20N4O4S. The molecule has 0 aliphatic carbocycles. The summed E-state index contributed by atoms with van der Waals surface area (Å²) in [6.07, 6.45) is 3.04. The fourth-order valence-electron chi connectivity index (χ4n) is 2.16. The molecule has 0 bridgehead atoms. The summed E-state index contributed by atoms with van der Waals surface area (Å²) in [5.74, 6) is -0.397. The van der Waals surface area contributed by atoms with Crippen LogP contribution in [0.25, 0.3) is 0 Å². The zero-order valence-corrected chi connectivity index (χ0v) is 14.4. The van der Waals surface area contributed by atoms with E-state index in [1.807, 2.05) is 0 Å². The highest BCUT2D eigenvalue weighted by Gasteiger charge is 2.35. The van der Waals surface area contributed by atoms with E-state index in [9.17, 15) is 14.4 Å². The number of carbonyl (C=O) groups is 3. The summed E-state index contributed by atoms with van der Waals surface area (Å²) < 4.78 is 0. The molecule has 1 atom stereocenters. The number of nitrogens with zero attached hydrogens (tertiary/aromatic N) is 3. The Bertz CT molecular complexity index is 620. The minimum atomic E-state index is -1.21. The molecule has 1 fully saturated rings. The third kappa shape index (κ3) is 4.44. The van der Waals surface area contributed by atoms with E-state index in [1.165, 1.54) is 16.7 Å². The second kappa shape index (κ2) is 8.09. The number of carbonyl (C=O) groups excluding carboxylic acids is 2. The Labute approximate surface area is 144 Å². The van der Waals surface area contributed by atoms with Crippen LogP contribution in [-0.2, 0) is 4.79 Å². The van der Waals surface area contributed by atoms with Crippen LogP contribution in [0.1, 0.15) is 41.2 Å². The summed E-state index contributed by atoms with van der Waals surface area (Å²) >= 11 is 1.49. The molecule has 2 rings (SSSR count). The van der Waals surface area contributed by atoms with Gasteiger partial charge in [-0.3, -0.25) is 9.59 Å². The van der Waals surface area contributed by atoms with Crippen molar-refractivity contribution in [1.82, 2.24) is 20.2 Å². The molecule has 0 aromatic carbocycles. The number of nitrogens with one attached hydrogen (secondary N) is 1. The molecule has 8 nitrogen and oxygen atoms in total. The standard InChI is InChI=1S/C15H20N4O4S/c1-9(2)3-4-16-13(20)12-7-24-8-19(12)14(21)10-5-18-11(6-17-10)15(22)23/h5-6,9,12H,3-4,7-8H2,1-2H3,(H,16,20)(H,22,23). The summed E-state index contributed by atoms with van der Waals surface area (Å²) in [5.41, 5.74) is -0.201. The average molecular weight is 352 g/mol. The number of hydrogen-bond acceptors (Lipinski definition) is 6. The van der Waals surface area contributed by atoms with E-state index in [-0.39, 0.29) is 17.3 Å². The molecule has 1 saturated heterocycles. The number of thioether (sulfide) groups is 1. The van der Waals surface area contributed by atoms with Gasteiger partial charge in [-0.05, 0) is 12.3 Å². The molecule has 0 saturated carbocycles. The van der Waals surface area contributed by atoms with Crippen molar-refractivity contribution in [3.63, 3.8) is 0 Å². The van der Waals surface area contributed by atoms with Crippen LogP contribution in [-0.4, -0.2) is 62.0 Å². The maximum Gasteiger partial charge on any atom is 0.356 e. The Morgan fingerprint density at radius 3 is 2.58 bits per heavy atom. The molecule has 2 heterocycles. The molecule has 0 radical (unpaired) electrons. The van der Waals surface area contributed by atoms with Gasteiger partial charge in [0.15, 0.2) is 5.69 Å². The van der Waals surface area contributed by atoms with Gasteiger partial charge in [-0.2, -0.15) is 0 Å². The van der Waals surface area contributed by atoms with E-state index in [4.69, 9.17) is 5.11 Å². The summed E-state index contributed by atoms with van der Waals surface area (Å²) in [5, 5.41) is 11.7. The van der Waals surface area contributed by atoms with Crippen LogP contribution in [0.5, 0.6) is 0 Å². The lowest BCUT2D eigenvalue weighted by Crippen LogP contribution is -2.47. The number of hydrogen-bond donors (Lipinski definition) is 2. The monoisotopic (exact) mass is 352 g/mol. The van der Waals surface area contributed by atoms with E-state index in [2.05, 4.69) is 29.1 Å². The predicted molar refractivity (Wildman–Crippen MR) is 88.7 cm³/mol. The van der Waals surface area contributed by atoms with Gasteiger partial charge < -0.3 is 15.3 Å². The second-order valence-electron chi connectivity index (χ2n) is 5.86. The normalized spacial score (nSPS) is 17.1. The molecule has 1 aromatic heterocycles. The van der Waals surface area contributed by atoms with Gasteiger partial charge in [0.05, 0.1) is 18.3 Å². The fraction of sp³-hybridized carbons (Fsp3) is 0.533. The minimum Gasteiger partial charge on any atom is -0.476 e. The first-order chi connectivity index (χ1) is 11.4. The van der Waals surface area contributed by atoms with Crippen LogP contribution in [0.15, 0.2) is 12.4 Å². The van der Waals surface area contributed by atoms with Crippen LogP contribution < -0.4 is 5.32 Å². The molecule has 130 valence electrons. The van der Waals surface area contributed by atoms with Crippen molar-refractivity contribution in [2.24, 2.45) is 5.92 Å². The van der Waals surface area contributed by atoms with Gasteiger partial charge in [0.2, 0.25) is 5.91 Å². The molecule has 24 heavy (non-hydrogen) atoms. The zero-order valence-electron chi connectivity index (χ0n) is 13.6. The van der Waals surface area contributed by atoms with Crippen LogP contribution in [0.4, 0.5) is 0 Å². The van der Waals surface area contributed by atoms with Crippen molar-refractivity contribution in [3.8, 4) is 0 Å². The second-order valence-corrected chi connectivity index (χ2v) is 6.86. The lowest BCUT2D eigenvalue weighted by molar-refractivity contribution is -0.124. The number of carboxylic acid groups (broad SMARTS) is 1. The van der Waals surface area contributed by atoms with Gasteiger partial charge >= 0.3 is 5.97 Å². The first-order valence-electron chi connectivity index (χ1n) is 7.62. The maximum absolute atomic E-state index is 12.5. The molecular weight excluding hydrogens is 332 g/mol. The van der Waals surface area contributed by atoms with Crippen molar-refractivity contribution in [2.75, 3.05) is 18.2 Å². The van der Waals surface area contributed by atoms with E-state index in [1.54, 1.807) is 0 Å².